The van der Waals surface area contributed by atoms with Gasteiger partial charge in [0.2, 0.25) is 0 Å². The number of rotatable bonds is 1. The van der Waals surface area contributed by atoms with Gasteiger partial charge in [0.05, 0.1) is 6.61 Å². The van der Waals surface area contributed by atoms with Gasteiger partial charge < -0.3 is 10.8 Å². The van der Waals surface area contributed by atoms with Crippen LogP contribution < -0.4 is 5.73 Å². The molecule has 0 aliphatic rings. The number of aliphatic hydroxyl groups is 1. The van der Waals surface area contributed by atoms with Gasteiger partial charge in [0.25, 0.3) is 0 Å². The first kappa shape index (κ1) is 8.08. The molecule has 0 fully saturated rings. The summed E-state index contributed by atoms with van der Waals surface area (Å²) in [6.45, 7) is 0.0563. The molecule has 0 saturated carbocycles. The van der Waals surface area contributed by atoms with Crippen molar-refractivity contribution in [2.45, 2.75) is 6.61 Å². The van der Waals surface area contributed by atoms with E-state index < -0.39 is 0 Å². The first-order valence-corrected chi connectivity index (χ1v) is 4.19. The molecule has 0 spiro atoms. The molecule has 2 rings (SSSR count). The SMILES string of the molecule is Nc1ccc2cccc(CO)c2c1. The van der Waals surface area contributed by atoms with Crippen molar-refractivity contribution in [1.29, 1.82) is 0 Å². The van der Waals surface area contributed by atoms with Crippen molar-refractivity contribution in [3.05, 3.63) is 42.0 Å². The van der Waals surface area contributed by atoms with Crippen LogP contribution >= 0.6 is 0 Å². The van der Waals surface area contributed by atoms with Crippen molar-refractivity contribution in [3.8, 4) is 0 Å². The minimum Gasteiger partial charge on any atom is -0.399 e. The molecule has 2 aromatic carbocycles. The van der Waals surface area contributed by atoms with Crippen LogP contribution in [-0.4, -0.2) is 5.11 Å². The number of hydrogen-bond acceptors (Lipinski definition) is 2. The highest BCUT2D eigenvalue weighted by molar-refractivity contribution is 5.88. The summed E-state index contributed by atoms with van der Waals surface area (Å²) in [5.74, 6) is 0. The highest BCUT2D eigenvalue weighted by atomic mass is 16.3. The highest BCUT2D eigenvalue weighted by Gasteiger charge is 1.98. The van der Waals surface area contributed by atoms with Crippen LogP contribution in [0.4, 0.5) is 5.69 Å². The first-order valence-electron chi connectivity index (χ1n) is 4.19. The second-order valence-electron chi connectivity index (χ2n) is 3.06. The minimum atomic E-state index is 0.0563. The van der Waals surface area contributed by atoms with Gasteiger partial charge in [-0.05, 0) is 28.5 Å². The van der Waals surface area contributed by atoms with E-state index >= 15 is 0 Å². The molecule has 2 heteroatoms. The van der Waals surface area contributed by atoms with E-state index in [0.29, 0.717) is 0 Å². The summed E-state index contributed by atoms with van der Waals surface area (Å²) < 4.78 is 0. The fourth-order valence-corrected chi connectivity index (χ4v) is 1.49. The van der Waals surface area contributed by atoms with Crippen molar-refractivity contribution in [2.75, 3.05) is 5.73 Å². The topological polar surface area (TPSA) is 46.2 Å². The average molecular weight is 173 g/mol. The highest BCUT2D eigenvalue weighted by Crippen LogP contribution is 2.21. The zero-order chi connectivity index (χ0) is 9.26. The zero-order valence-electron chi connectivity index (χ0n) is 7.20. The number of aliphatic hydroxyl groups excluding tert-OH is 1. The Morgan fingerprint density at radius 2 is 2.00 bits per heavy atom. The molecule has 3 N–H and O–H groups in total. The lowest BCUT2D eigenvalue weighted by molar-refractivity contribution is 0.283. The average Bonchev–Trinajstić information content (AvgIpc) is 2.17. The van der Waals surface area contributed by atoms with E-state index in [4.69, 9.17) is 10.8 Å². The lowest BCUT2D eigenvalue weighted by Gasteiger charge is -2.03. The molecular weight excluding hydrogens is 162 g/mol. The molecule has 0 amide bonds. The van der Waals surface area contributed by atoms with Crippen LogP contribution in [0.5, 0.6) is 0 Å². The van der Waals surface area contributed by atoms with Gasteiger partial charge in [0.1, 0.15) is 0 Å². The van der Waals surface area contributed by atoms with E-state index in [1.165, 1.54) is 0 Å². The Kier molecular flexibility index (Phi) is 1.91. The number of hydrogen-bond donors (Lipinski definition) is 2. The molecule has 66 valence electrons. The van der Waals surface area contributed by atoms with Crippen LogP contribution in [0.25, 0.3) is 10.8 Å². The van der Waals surface area contributed by atoms with Crippen molar-refractivity contribution < 1.29 is 5.11 Å². The normalized spacial score (nSPS) is 10.5. The lowest BCUT2D eigenvalue weighted by Crippen LogP contribution is -1.88. The van der Waals surface area contributed by atoms with E-state index in [-0.39, 0.29) is 6.61 Å². The molecule has 2 nitrogen and oxygen atoms in total. The summed E-state index contributed by atoms with van der Waals surface area (Å²) in [5, 5.41) is 11.2. The molecule has 0 heterocycles. The van der Waals surface area contributed by atoms with Gasteiger partial charge in [-0.25, -0.2) is 0 Å². The molecule has 0 atom stereocenters. The maximum absolute atomic E-state index is 9.09. The third kappa shape index (κ3) is 1.36. The molecule has 0 unspecified atom stereocenters. The monoisotopic (exact) mass is 173 g/mol. The number of nitrogen functional groups attached to an aromatic ring is 1. The summed E-state index contributed by atoms with van der Waals surface area (Å²) in [4.78, 5) is 0. The summed E-state index contributed by atoms with van der Waals surface area (Å²) in [5.41, 5.74) is 7.32. The van der Waals surface area contributed by atoms with E-state index in [1.807, 2.05) is 36.4 Å². The molecule has 0 saturated heterocycles. The maximum atomic E-state index is 9.09. The van der Waals surface area contributed by atoms with Crippen LogP contribution in [0.3, 0.4) is 0 Å². The second kappa shape index (κ2) is 3.07. The third-order valence-electron chi connectivity index (χ3n) is 2.17. The van der Waals surface area contributed by atoms with E-state index in [9.17, 15) is 0 Å². The van der Waals surface area contributed by atoms with E-state index in [1.54, 1.807) is 0 Å². The number of benzene rings is 2. The Balaban J connectivity index is 2.79. The Morgan fingerprint density at radius 3 is 2.77 bits per heavy atom. The number of fused-ring (bicyclic) bond motifs is 1. The van der Waals surface area contributed by atoms with Gasteiger partial charge in [0.15, 0.2) is 0 Å². The Bertz CT molecular complexity index is 437. The van der Waals surface area contributed by atoms with Crippen molar-refractivity contribution in [2.24, 2.45) is 0 Å². The van der Waals surface area contributed by atoms with Gasteiger partial charge in [-0.15, -0.1) is 0 Å². The van der Waals surface area contributed by atoms with Crippen molar-refractivity contribution in [1.82, 2.24) is 0 Å². The Labute approximate surface area is 76.6 Å². The van der Waals surface area contributed by atoms with Gasteiger partial charge in [-0.1, -0.05) is 24.3 Å². The fraction of sp³-hybridized carbons (Fsp3) is 0.0909. The smallest absolute Gasteiger partial charge is 0.0687 e. The zero-order valence-corrected chi connectivity index (χ0v) is 7.20. The summed E-state index contributed by atoms with van der Waals surface area (Å²) in [7, 11) is 0. The number of nitrogens with two attached hydrogens (primary N) is 1. The summed E-state index contributed by atoms with van der Waals surface area (Å²) >= 11 is 0. The third-order valence-corrected chi connectivity index (χ3v) is 2.17. The van der Waals surface area contributed by atoms with Crippen LogP contribution in [0.1, 0.15) is 5.56 Å². The van der Waals surface area contributed by atoms with Gasteiger partial charge in [0, 0.05) is 5.69 Å². The van der Waals surface area contributed by atoms with Crippen LogP contribution in [0, 0.1) is 0 Å². The molecule has 0 aliphatic heterocycles. The quantitative estimate of drug-likeness (QED) is 0.647. The van der Waals surface area contributed by atoms with E-state index in [2.05, 4.69) is 0 Å². The van der Waals surface area contributed by atoms with Gasteiger partial charge >= 0.3 is 0 Å². The molecule has 2 aromatic rings. The van der Waals surface area contributed by atoms with Crippen LogP contribution in [0.15, 0.2) is 36.4 Å². The van der Waals surface area contributed by atoms with Crippen molar-refractivity contribution >= 4 is 16.5 Å². The van der Waals surface area contributed by atoms with Gasteiger partial charge in [-0.2, -0.15) is 0 Å². The molecular formula is C11H11NO. The number of anilines is 1. The minimum absolute atomic E-state index is 0.0563. The first-order chi connectivity index (χ1) is 6.31. The van der Waals surface area contributed by atoms with Crippen molar-refractivity contribution in [3.63, 3.8) is 0 Å². The lowest BCUT2D eigenvalue weighted by atomic mass is 10.0. The summed E-state index contributed by atoms with van der Waals surface area (Å²) in [6, 6.07) is 11.6. The standard InChI is InChI=1S/C11H11NO/c12-10-5-4-8-2-1-3-9(7-13)11(8)6-10/h1-6,13H,7,12H2. The molecule has 0 bridgehead atoms. The van der Waals surface area contributed by atoms with Crippen LogP contribution in [0.2, 0.25) is 0 Å². The maximum Gasteiger partial charge on any atom is 0.0687 e. The Hall–Kier alpha value is -1.54. The predicted molar refractivity (Wildman–Crippen MR) is 54.3 cm³/mol. The summed E-state index contributed by atoms with van der Waals surface area (Å²) in [6.07, 6.45) is 0. The Morgan fingerprint density at radius 1 is 1.15 bits per heavy atom. The molecule has 0 aliphatic carbocycles. The predicted octanol–water partition coefficient (Wildman–Crippen LogP) is 1.91. The largest absolute Gasteiger partial charge is 0.399 e. The molecule has 0 aromatic heterocycles. The molecule has 0 radical (unpaired) electrons. The second-order valence-corrected chi connectivity index (χ2v) is 3.06. The van der Waals surface area contributed by atoms with E-state index in [0.717, 1.165) is 22.0 Å². The van der Waals surface area contributed by atoms with Crippen LogP contribution in [-0.2, 0) is 6.61 Å². The fourth-order valence-electron chi connectivity index (χ4n) is 1.49. The van der Waals surface area contributed by atoms with Gasteiger partial charge in [-0.3, -0.25) is 0 Å². The molecule has 13 heavy (non-hydrogen) atoms.